The molecule has 0 spiro atoms. The normalized spacial score (nSPS) is 18.6. The summed E-state index contributed by atoms with van der Waals surface area (Å²) in [5.74, 6) is 0.445. The van der Waals surface area contributed by atoms with Crippen LogP contribution in [0, 0.1) is 0 Å². The topological polar surface area (TPSA) is 29.1 Å². The van der Waals surface area contributed by atoms with Gasteiger partial charge in [0.2, 0.25) is 0 Å². The van der Waals surface area contributed by atoms with Gasteiger partial charge in [0, 0.05) is 5.56 Å². The lowest BCUT2D eigenvalue weighted by Gasteiger charge is -2.15. The van der Waals surface area contributed by atoms with Crippen molar-refractivity contribution in [3.05, 3.63) is 107 Å². The maximum Gasteiger partial charge on any atom is 0.251 e. The molecule has 4 rings (SSSR count). The monoisotopic (exact) mass is 327 g/mol. The number of benzene rings is 3. The second-order valence-electron chi connectivity index (χ2n) is 6.64. The molecule has 1 amide bonds. The quantitative estimate of drug-likeness (QED) is 0.726. The van der Waals surface area contributed by atoms with Gasteiger partial charge < -0.3 is 5.32 Å². The number of carbonyl (C=O) groups excluding carboxylic acids is 1. The number of nitrogens with one attached hydrogen (secondary N) is 1. The summed E-state index contributed by atoms with van der Waals surface area (Å²) >= 11 is 0. The van der Waals surface area contributed by atoms with E-state index in [9.17, 15) is 4.79 Å². The SMILES string of the molecule is O=C(N[C@@H]1C[C@@H](Cc2ccccc2)c2ccccc21)c1ccccc1. The molecular formula is C23H21NO. The van der Waals surface area contributed by atoms with Crippen LogP contribution in [0.5, 0.6) is 0 Å². The van der Waals surface area contributed by atoms with Crippen LogP contribution in [-0.2, 0) is 6.42 Å². The van der Waals surface area contributed by atoms with Gasteiger partial charge in [0.25, 0.3) is 5.91 Å². The van der Waals surface area contributed by atoms with Crippen LogP contribution >= 0.6 is 0 Å². The van der Waals surface area contributed by atoms with Crippen LogP contribution in [-0.4, -0.2) is 5.91 Å². The van der Waals surface area contributed by atoms with Gasteiger partial charge in [-0.05, 0) is 47.6 Å². The predicted octanol–water partition coefficient (Wildman–Crippen LogP) is 4.89. The van der Waals surface area contributed by atoms with Gasteiger partial charge in [0.1, 0.15) is 0 Å². The Bertz CT molecular complexity index is 858. The smallest absolute Gasteiger partial charge is 0.251 e. The van der Waals surface area contributed by atoms with Gasteiger partial charge in [-0.3, -0.25) is 4.79 Å². The molecule has 0 bridgehead atoms. The van der Waals surface area contributed by atoms with Crippen LogP contribution < -0.4 is 5.32 Å². The van der Waals surface area contributed by atoms with Crippen LogP contribution in [0.2, 0.25) is 0 Å². The van der Waals surface area contributed by atoms with Gasteiger partial charge in [0.15, 0.2) is 0 Å². The van der Waals surface area contributed by atoms with Crippen molar-refractivity contribution in [1.29, 1.82) is 0 Å². The van der Waals surface area contributed by atoms with Gasteiger partial charge in [-0.1, -0.05) is 72.8 Å². The van der Waals surface area contributed by atoms with Gasteiger partial charge in [-0.2, -0.15) is 0 Å². The second-order valence-corrected chi connectivity index (χ2v) is 6.64. The van der Waals surface area contributed by atoms with E-state index in [1.54, 1.807) is 0 Å². The molecule has 0 heterocycles. The van der Waals surface area contributed by atoms with Gasteiger partial charge >= 0.3 is 0 Å². The highest BCUT2D eigenvalue weighted by atomic mass is 16.1. The molecule has 0 fully saturated rings. The van der Waals surface area contributed by atoms with Gasteiger partial charge in [-0.15, -0.1) is 0 Å². The zero-order chi connectivity index (χ0) is 17.1. The van der Waals surface area contributed by atoms with Crippen molar-refractivity contribution in [2.24, 2.45) is 0 Å². The summed E-state index contributed by atoms with van der Waals surface area (Å²) in [4.78, 5) is 12.6. The van der Waals surface area contributed by atoms with Crippen molar-refractivity contribution in [3.8, 4) is 0 Å². The lowest BCUT2D eigenvalue weighted by Crippen LogP contribution is -2.27. The Morgan fingerprint density at radius 2 is 1.40 bits per heavy atom. The summed E-state index contributed by atoms with van der Waals surface area (Å²) < 4.78 is 0. The third kappa shape index (κ3) is 3.34. The van der Waals surface area contributed by atoms with E-state index in [4.69, 9.17) is 0 Å². The summed E-state index contributed by atoms with van der Waals surface area (Å²) in [6.07, 6.45) is 1.96. The van der Waals surface area contributed by atoms with Gasteiger partial charge in [-0.25, -0.2) is 0 Å². The van der Waals surface area contributed by atoms with E-state index < -0.39 is 0 Å². The fraction of sp³-hybridized carbons (Fsp3) is 0.174. The van der Waals surface area contributed by atoms with E-state index in [1.807, 2.05) is 30.3 Å². The zero-order valence-corrected chi connectivity index (χ0v) is 14.1. The summed E-state index contributed by atoms with van der Waals surface area (Å²) in [5, 5.41) is 3.23. The fourth-order valence-corrected chi connectivity index (χ4v) is 3.80. The standard InChI is InChI=1S/C23H21NO/c25-23(18-11-5-2-6-12-18)24-22-16-19(15-17-9-3-1-4-10-17)20-13-7-8-14-21(20)22/h1-14,19,22H,15-16H2,(H,24,25)/t19-,22-/m1/s1. The van der Waals surface area contributed by atoms with E-state index in [2.05, 4.69) is 59.9 Å². The zero-order valence-electron chi connectivity index (χ0n) is 14.1. The molecule has 2 nitrogen and oxygen atoms in total. The number of carbonyl (C=O) groups is 1. The van der Waals surface area contributed by atoms with Crippen molar-refractivity contribution in [3.63, 3.8) is 0 Å². The molecule has 25 heavy (non-hydrogen) atoms. The number of hydrogen-bond acceptors (Lipinski definition) is 1. The highest BCUT2D eigenvalue weighted by Gasteiger charge is 2.31. The molecule has 0 aromatic heterocycles. The van der Waals surface area contributed by atoms with E-state index in [0.29, 0.717) is 11.5 Å². The van der Waals surface area contributed by atoms with Crippen molar-refractivity contribution < 1.29 is 4.79 Å². The van der Waals surface area contributed by atoms with Crippen LogP contribution in [0.3, 0.4) is 0 Å². The average Bonchev–Trinajstić information content (AvgIpc) is 3.01. The molecule has 2 atom stereocenters. The van der Waals surface area contributed by atoms with E-state index in [-0.39, 0.29) is 11.9 Å². The minimum Gasteiger partial charge on any atom is -0.345 e. The predicted molar refractivity (Wildman–Crippen MR) is 101 cm³/mol. The molecule has 0 saturated carbocycles. The largest absolute Gasteiger partial charge is 0.345 e. The first-order chi connectivity index (χ1) is 12.3. The molecule has 1 N–H and O–H groups in total. The third-order valence-electron chi connectivity index (χ3n) is 5.00. The van der Waals surface area contributed by atoms with Gasteiger partial charge in [0.05, 0.1) is 6.04 Å². The Labute approximate surface area is 148 Å². The Hall–Kier alpha value is -2.87. The molecule has 0 aliphatic heterocycles. The fourth-order valence-electron chi connectivity index (χ4n) is 3.80. The molecule has 2 heteroatoms. The Morgan fingerprint density at radius 3 is 2.12 bits per heavy atom. The molecule has 1 aliphatic rings. The molecule has 3 aromatic carbocycles. The van der Waals surface area contributed by atoms with Crippen LogP contribution in [0.4, 0.5) is 0 Å². The Morgan fingerprint density at radius 1 is 0.800 bits per heavy atom. The van der Waals surface area contributed by atoms with Crippen LogP contribution in [0.1, 0.15) is 45.4 Å². The summed E-state index contributed by atoms with van der Waals surface area (Å²) in [7, 11) is 0. The van der Waals surface area contributed by atoms with Crippen molar-refractivity contribution in [2.75, 3.05) is 0 Å². The molecule has 0 radical (unpaired) electrons. The minimum absolute atomic E-state index is 0.000708. The van der Waals surface area contributed by atoms with E-state index >= 15 is 0 Å². The third-order valence-corrected chi connectivity index (χ3v) is 5.00. The van der Waals surface area contributed by atoms with E-state index in [1.165, 1.54) is 16.7 Å². The first-order valence-electron chi connectivity index (χ1n) is 8.80. The van der Waals surface area contributed by atoms with E-state index in [0.717, 1.165) is 12.8 Å². The maximum atomic E-state index is 12.6. The van der Waals surface area contributed by atoms with Crippen LogP contribution in [0.15, 0.2) is 84.9 Å². The molecule has 0 saturated heterocycles. The molecule has 1 aliphatic carbocycles. The number of fused-ring (bicyclic) bond motifs is 1. The Kier molecular flexibility index (Phi) is 4.34. The second kappa shape index (κ2) is 6.94. The Balaban J connectivity index is 1.55. The molecule has 0 unspecified atom stereocenters. The molecular weight excluding hydrogens is 306 g/mol. The summed E-state index contributed by atoms with van der Waals surface area (Å²) in [6.45, 7) is 0. The lowest BCUT2D eigenvalue weighted by molar-refractivity contribution is 0.0936. The highest BCUT2D eigenvalue weighted by Crippen LogP contribution is 2.42. The first-order valence-corrected chi connectivity index (χ1v) is 8.80. The highest BCUT2D eigenvalue weighted by molar-refractivity contribution is 5.94. The number of rotatable bonds is 4. The van der Waals surface area contributed by atoms with Crippen molar-refractivity contribution >= 4 is 5.91 Å². The average molecular weight is 327 g/mol. The maximum absolute atomic E-state index is 12.6. The van der Waals surface area contributed by atoms with Crippen molar-refractivity contribution in [1.82, 2.24) is 5.32 Å². The summed E-state index contributed by atoms with van der Waals surface area (Å²) in [6, 6.07) is 28.6. The molecule has 124 valence electrons. The lowest BCUT2D eigenvalue weighted by atomic mass is 9.94. The number of amides is 1. The summed E-state index contributed by atoms with van der Waals surface area (Å²) in [5.41, 5.74) is 4.68. The minimum atomic E-state index is 0.000708. The van der Waals surface area contributed by atoms with Crippen LogP contribution in [0.25, 0.3) is 0 Å². The van der Waals surface area contributed by atoms with Crippen molar-refractivity contribution in [2.45, 2.75) is 24.8 Å². The number of hydrogen-bond donors (Lipinski definition) is 1. The molecule has 3 aromatic rings. The first kappa shape index (κ1) is 15.6.